The van der Waals surface area contributed by atoms with Crippen LogP contribution in [0.1, 0.15) is 41.8 Å². The van der Waals surface area contributed by atoms with Crippen molar-refractivity contribution in [2.24, 2.45) is 19.8 Å². The second kappa shape index (κ2) is 9.39. The number of aliphatic hydroxyl groups is 1. The molecule has 7 nitrogen and oxygen atoms in total. The van der Waals surface area contributed by atoms with Crippen LogP contribution < -0.4 is 16.0 Å². The number of hydrogen-bond donors (Lipinski definition) is 2. The van der Waals surface area contributed by atoms with Crippen LogP contribution in [0.15, 0.2) is 41.2 Å². The highest BCUT2D eigenvalue weighted by atomic mass is 19.2. The first-order valence-corrected chi connectivity index (χ1v) is 12.3. The Kier molecular flexibility index (Phi) is 6.37. The van der Waals surface area contributed by atoms with E-state index in [1.54, 1.807) is 23.9 Å². The van der Waals surface area contributed by atoms with Crippen molar-refractivity contribution in [1.82, 2.24) is 14.3 Å². The van der Waals surface area contributed by atoms with Crippen molar-refractivity contribution in [3.63, 3.8) is 0 Å². The number of hydrogen-bond acceptors (Lipinski definition) is 5. The molecule has 2 heterocycles. The molecule has 0 atom stereocenters. The highest BCUT2D eigenvalue weighted by Gasteiger charge is 2.41. The van der Waals surface area contributed by atoms with Crippen LogP contribution in [0.5, 0.6) is 5.75 Å². The summed E-state index contributed by atoms with van der Waals surface area (Å²) < 4.78 is 38.5. The van der Waals surface area contributed by atoms with E-state index in [2.05, 4.69) is 5.10 Å². The number of pyridine rings is 1. The molecule has 9 heteroatoms. The van der Waals surface area contributed by atoms with E-state index in [-0.39, 0.29) is 24.5 Å². The van der Waals surface area contributed by atoms with Gasteiger partial charge in [0.1, 0.15) is 5.60 Å². The van der Waals surface area contributed by atoms with Crippen LogP contribution in [-0.2, 0) is 32.7 Å². The van der Waals surface area contributed by atoms with E-state index in [4.69, 9.17) is 10.5 Å². The molecule has 0 unspecified atom stereocenters. The van der Waals surface area contributed by atoms with Gasteiger partial charge in [0.25, 0.3) is 5.56 Å². The number of nitrogens with two attached hydrogens (primary N) is 1. The first-order chi connectivity index (χ1) is 17.6. The topological polar surface area (TPSA) is 95.3 Å². The standard InChI is InChI=1S/C28H30F2N4O3/c1-16-19(27(32-34(16)3)28(36)10-4-11-28)9-12-37-26-20(6-7-22(29)25(26)30)17-5-8-23-21(13-17)18(15-31)14-24(35)33(23)2/h5-8,13-14,36H,4,9-12,15,31H2,1-3H3. The maximum Gasteiger partial charge on any atom is 0.251 e. The molecular weight excluding hydrogens is 478 g/mol. The SMILES string of the molecule is Cc1c(CCOc2c(-c3ccc4c(c3)c(CN)cc(=O)n4C)ccc(F)c2F)c(C2(O)CCC2)nn1C. The van der Waals surface area contributed by atoms with E-state index < -0.39 is 17.2 Å². The maximum atomic E-state index is 15.0. The van der Waals surface area contributed by atoms with Crippen molar-refractivity contribution < 1.29 is 18.6 Å². The minimum Gasteiger partial charge on any atom is -0.489 e. The van der Waals surface area contributed by atoms with Gasteiger partial charge in [-0.15, -0.1) is 0 Å². The van der Waals surface area contributed by atoms with Crippen LogP contribution in [0, 0.1) is 18.6 Å². The zero-order valence-electron chi connectivity index (χ0n) is 21.1. The summed E-state index contributed by atoms with van der Waals surface area (Å²) in [7, 11) is 3.49. The zero-order chi connectivity index (χ0) is 26.5. The zero-order valence-corrected chi connectivity index (χ0v) is 21.1. The number of rotatable bonds is 7. The number of aryl methyl sites for hydroxylation is 2. The molecule has 0 radical (unpaired) electrons. The van der Waals surface area contributed by atoms with Gasteiger partial charge < -0.3 is 20.1 Å². The number of halogens is 2. The minimum atomic E-state index is -1.07. The third kappa shape index (κ3) is 4.22. The Morgan fingerprint density at radius 1 is 1.16 bits per heavy atom. The molecule has 1 aliphatic carbocycles. The summed E-state index contributed by atoms with van der Waals surface area (Å²) in [5.74, 6) is -2.27. The Morgan fingerprint density at radius 3 is 2.59 bits per heavy atom. The van der Waals surface area contributed by atoms with E-state index >= 15 is 4.39 Å². The van der Waals surface area contributed by atoms with Crippen LogP contribution in [0.3, 0.4) is 0 Å². The summed E-state index contributed by atoms with van der Waals surface area (Å²) in [6.45, 7) is 2.15. The monoisotopic (exact) mass is 508 g/mol. The molecule has 2 aromatic carbocycles. The predicted octanol–water partition coefficient (Wildman–Crippen LogP) is 3.98. The maximum absolute atomic E-state index is 15.0. The number of fused-ring (bicyclic) bond motifs is 1. The van der Waals surface area contributed by atoms with Gasteiger partial charge in [0, 0.05) is 55.3 Å². The lowest BCUT2D eigenvalue weighted by molar-refractivity contribution is -0.0437. The minimum absolute atomic E-state index is 0.0686. The van der Waals surface area contributed by atoms with Crippen molar-refractivity contribution >= 4 is 10.9 Å². The van der Waals surface area contributed by atoms with Gasteiger partial charge >= 0.3 is 0 Å². The fourth-order valence-corrected chi connectivity index (χ4v) is 5.09. The van der Waals surface area contributed by atoms with Gasteiger partial charge in [-0.05, 0) is 61.6 Å². The first kappa shape index (κ1) is 25.1. The van der Waals surface area contributed by atoms with Crippen LogP contribution >= 0.6 is 0 Å². The van der Waals surface area contributed by atoms with Crippen molar-refractivity contribution in [1.29, 1.82) is 0 Å². The average molecular weight is 509 g/mol. The van der Waals surface area contributed by atoms with Crippen LogP contribution in [0.25, 0.3) is 22.0 Å². The molecule has 0 amide bonds. The van der Waals surface area contributed by atoms with Crippen molar-refractivity contribution in [3.8, 4) is 16.9 Å². The Morgan fingerprint density at radius 2 is 1.92 bits per heavy atom. The Labute approximate surface area is 213 Å². The van der Waals surface area contributed by atoms with E-state index in [0.29, 0.717) is 47.2 Å². The second-order valence-electron chi connectivity index (χ2n) is 9.76. The largest absolute Gasteiger partial charge is 0.489 e. The average Bonchev–Trinajstić information content (AvgIpc) is 3.15. The number of ether oxygens (including phenoxy) is 1. The van der Waals surface area contributed by atoms with Crippen molar-refractivity contribution in [2.75, 3.05) is 6.61 Å². The first-order valence-electron chi connectivity index (χ1n) is 12.3. The lowest BCUT2D eigenvalue weighted by Crippen LogP contribution is -2.35. The third-order valence-electron chi connectivity index (χ3n) is 7.59. The molecule has 1 saturated carbocycles. The summed E-state index contributed by atoms with van der Waals surface area (Å²) in [6, 6.07) is 9.36. The summed E-state index contributed by atoms with van der Waals surface area (Å²) in [4.78, 5) is 12.2. The Balaban J connectivity index is 1.50. The number of nitrogens with zero attached hydrogens (tertiary/aromatic N) is 3. The van der Waals surface area contributed by atoms with Gasteiger partial charge in [-0.3, -0.25) is 9.48 Å². The normalized spacial score (nSPS) is 14.7. The predicted molar refractivity (Wildman–Crippen MR) is 137 cm³/mol. The summed E-state index contributed by atoms with van der Waals surface area (Å²) >= 11 is 0. The van der Waals surface area contributed by atoms with Crippen molar-refractivity contribution in [3.05, 3.63) is 80.9 Å². The van der Waals surface area contributed by atoms with E-state index in [0.717, 1.165) is 29.1 Å². The molecule has 4 aromatic rings. The number of aromatic nitrogens is 3. The Bertz CT molecular complexity index is 1570. The molecule has 1 aliphatic rings. The lowest BCUT2D eigenvalue weighted by Gasteiger charge is -2.35. The summed E-state index contributed by atoms with van der Waals surface area (Å²) in [5.41, 5.74) is 9.51. The lowest BCUT2D eigenvalue weighted by atomic mass is 9.76. The summed E-state index contributed by atoms with van der Waals surface area (Å²) in [5, 5.41) is 16.2. The van der Waals surface area contributed by atoms with E-state index in [1.165, 1.54) is 16.7 Å². The molecule has 0 bridgehead atoms. The van der Waals surface area contributed by atoms with Gasteiger partial charge in [-0.1, -0.05) is 6.07 Å². The fraction of sp³-hybridized carbons (Fsp3) is 0.357. The number of benzene rings is 2. The van der Waals surface area contributed by atoms with Crippen molar-refractivity contribution in [2.45, 2.75) is 44.8 Å². The van der Waals surface area contributed by atoms with Crippen LogP contribution in [0.2, 0.25) is 0 Å². The van der Waals surface area contributed by atoms with E-state index in [1.807, 2.05) is 20.0 Å². The van der Waals surface area contributed by atoms with Gasteiger partial charge in [-0.25, -0.2) is 4.39 Å². The molecule has 0 aliphatic heterocycles. The molecular formula is C28H30F2N4O3. The highest BCUT2D eigenvalue weighted by molar-refractivity contribution is 5.88. The van der Waals surface area contributed by atoms with Gasteiger partial charge in [0.15, 0.2) is 11.6 Å². The van der Waals surface area contributed by atoms with Gasteiger partial charge in [0.2, 0.25) is 5.82 Å². The quantitative estimate of drug-likeness (QED) is 0.394. The van der Waals surface area contributed by atoms with Crippen LogP contribution in [0.4, 0.5) is 8.78 Å². The Hall–Kier alpha value is -3.56. The molecule has 2 aromatic heterocycles. The molecule has 37 heavy (non-hydrogen) atoms. The van der Waals surface area contributed by atoms with Gasteiger partial charge in [-0.2, -0.15) is 9.49 Å². The highest BCUT2D eigenvalue weighted by Crippen LogP contribution is 2.42. The molecule has 194 valence electrons. The fourth-order valence-electron chi connectivity index (χ4n) is 5.09. The molecule has 3 N–H and O–H groups in total. The smallest absolute Gasteiger partial charge is 0.251 e. The van der Waals surface area contributed by atoms with E-state index in [9.17, 15) is 14.3 Å². The van der Waals surface area contributed by atoms with Crippen LogP contribution in [-0.4, -0.2) is 26.1 Å². The second-order valence-corrected chi connectivity index (χ2v) is 9.76. The third-order valence-corrected chi connectivity index (χ3v) is 7.59. The molecule has 0 saturated heterocycles. The molecule has 0 spiro atoms. The summed E-state index contributed by atoms with van der Waals surface area (Å²) in [6.07, 6.45) is 2.62. The van der Waals surface area contributed by atoms with Gasteiger partial charge in [0.05, 0.1) is 17.8 Å². The molecule has 5 rings (SSSR count). The molecule has 1 fully saturated rings.